The van der Waals surface area contributed by atoms with Crippen LogP contribution in [-0.2, 0) is 46.3 Å². The van der Waals surface area contributed by atoms with Gasteiger partial charge in [0.1, 0.15) is 30.7 Å². The lowest BCUT2D eigenvalue weighted by Crippen LogP contribution is -2.36. The zero-order valence-electron chi connectivity index (χ0n) is 42.2. The Morgan fingerprint density at radius 3 is 1.93 bits per heavy atom. The third-order valence-corrected chi connectivity index (χ3v) is 13.0. The summed E-state index contributed by atoms with van der Waals surface area (Å²) in [5.41, 5.74) is 4.57. The molecule has 0 amide bonds. The Kier molecular flexibility index (Phi) is 34.4. The van der Waals surface area contributed by atoms with E-state index < -0.39 is 89.8 Å². The second-order valence-corrected chi connectivity index (χ2v) is 19.8. The molecule has 1 fully saturated rings. The first kappa shape index (κ1) is 64.5. The van der Waals surface area contributed by atoms with Crippen molar-refractivity contribution in [2.75, 3.05) is 25.6 Å². The van der Waals surface area contributed by atoms with Crippen LogP contribution >= 0.6 is 15.6 Å². The fourth-order valence-electron chi connectivity index (χ4n) is 6.59. The highest BCUT2D eigenvalue weighted by atomic mass is 31.3. The predicted octanol–water partition coefficient (Wildman–Crippen LogP) is 9.19. The van der Waals surface area contributed by atoms with Crippen LogP contribution in [-0.4, -0.2) is 96.9 Å². The molecule has 1 aliphatic heterocycles. The highest BCUT2D eigenvalue weighted by molar-refractivity contribution is 7.61. The van der Waals surface area contributed by atoms with Crippen molar-refractivity contribution in [2.24, 2.45) is 0 Å². The fourth-order valence-corrected chi connectivity index (χ4v) is 8.70. The first-order valence-corrected chi connectivity index (χ1v) is 28.0. The van der Waals surface area contributed by atoms with Gasteiger partial charge in [-0.05, 0) is 89.5 Å². The van der Waals surface area contributed by atoms with Crippen LogP contribution < -0.4 is 11.4 Å². The number of phosphoric ester groups is 2. The van der Waals surface area contributed by atoms with Gasteiger partial charge < -0.3 is 45.1 Å². The number of allylic oxidation sites excluding steroid dienone is 16. The van der Waals surface area contributed by atoms with E-state index in [-0.39, 0.29) is 18.7 Å². The number of rotatable bonds is 39. The molecule has 8 atom stereocenters. The van der Waals surface area contributed by atoms with Crippen LogP contribution in [0.4, 0.5) is 5.82 Å². The van der Waals surface area contributed by atoms with Crippen molar-refractivity contribution in [3.05, 3.63) is 132 Å². The summed E-state index contributed by atoms with van der Waals surface area (Å²) in [7, 11) is -10.9. The van der Waals surface area contributed by atoms with Crippen LogP contribution in [0.15, 0.2) is 126 Å². The lowest BCUT2D eigenvalue weighted by Gasteiger charge is -2.21. The lowest BCUT2D eigenvalue weighted by atomic mass is 10.1. The molecule has 0 spiro atoms. The van der Waals surface area contributed by atoms with E-state index in [0.717, 1.165) is 75.0 Å². The van der Waals surface area contributed by atoms with E-state index in [0.29, 0.717) is 32.1 Å². The number of esters is 2. The third-order valence-electron chi connectivity index (χ3n) is 10.4. The molecule has 7 N–H and O–H groups in total. The van der Waals surface area contributed by atoms with Crippen molar-refractivity contribution in [1.82, 2.24) is 9.55 Å². The van der Waals surface area contributed by atoms with Crippen molar-refractivity contribution in [3.8, 4) is 0 Å². The summed E-state index contributed by atoms with van der Waals surface area (Å²) in [6.45, 7) is 1.70. The Labute approximate surface area is 430 Å². The number of carbonyl (C=O) groups excluding carboxylic acids is 2. The molecule has 1 aromatic heterocycles. The highest BCUT2D eigenvalue weighted by Crippen LogP contribution is 2.60. The Morgan fingerprint density at radius 1 is 0.726 bits per heavy atom. The third kappa shape index (κ3) is 31.7. The molecular weight excluding hydrogens is 985 g/mol. The smallest absolute Gasteiger partial charge is 0.462 e. The van der Waals surface area contributed by atoms with E-state index in [2.05, 4.69) is 64.8 Å². The van der Waals surface area contributed by atoms with Crippen LogP contribution in [0.3, 0.4) is 0 Å². The first-order chi connectivity index (χ1) is 35.1. The second kappa shape index (κ2) is 38.9. The van der Waals surface area contributed by atoms with E-state index >= 15 is 0 Å². The molecule has 408 valence electrons. The molecule has 21 heteroatoms. The molecule has 73 heavy (non-hydrogen) atoms. The van der Waals surface area contributed by atoms with Gasteiger partial charge in [0.05, 0.1) is 19.3 Å². The van der Waals surface area contributed by atoms with E-state index in [1.165, 1.54) is 6.07 Å². The Bertz CT molecular complexity index is 2170. The number of aromatic nitrogens is 2. The average Bonchev–Trinajstić information content (AvgIpc) is 3.62. The molecule has 1 saturated heterocycles. The maximum absolute atomic E-state index is 12.8. The molecule has 0 aliphatic carbocycles. The zero-order valence-corrected chi connectivity index (χ0v) is 44.0. The summed E-state index contributed by atoms with van der Waals surface area (Å²) in [4.78, 5) is 61.9. The fraction of sp³-hybridized carbons (Fsp3) is 0.538. The predicted molar refractivity (Wildman–Crippen MR) is 280 cm³/mol. The first-order valence-electron chi connectivity index (χ1n) is 25.0. The molecule has 0 aromatic carbocycles. The number of anilines is 1. The van der Waals surface area contributed by atoms with Gasteiger partial charge in [0.25, 0.3) is 0 Å². The highest BCUT2D eigenvalue weighted by Gasteiger charge is 2.46. The molecule has 2 heterocycles. The average molecular weight is 1060 g/mol. The maximum atomic E-state index is 12.8. The van der Waals surface area contributed by atoms with E-state index in [4.69, 9.17) is 29.0 Å². The van der Waals surface area contributed by atoms with Crippen LogP contribution in [0.25, 0.3) is 0 Å². The number of nitrogens with zero attached hydrogens (tertiary/aromatic N) is 2. The minimum atomic E-state index is -5.46. The minimum Gasteiger partial charge on any atom is -0.462 e. The molecule has 1 aromatic rings. The number of hydrogen-bond acceptors (Lipinski definition) is 16. The minimum absolute atomic E-state index is 0.0587. The Balaban J connectivity index is 1.86. The van der Waals surface area contributed by atoms with Gasteiger partial charge in [0, 0.05) is 19.0 Å². The normalized spacial score (nSPS) is 20.3. The summed E-state index contributed by atoms with van der Waals surface area (Å²) < 4.78 is 56.6. The summed E-state index contributed by atoms with van der Waals surface area (Å²) in [6, 6.07) is 1.24. The second-order valence-electron chi connectivity index (χ2n) is 16.7. The van der Waals surface area contributed by atoms with E-state index in [1.54, 1.807) is 6.08 Å². The van der Waals surface area contributed by atoms with Gasteiger partial charge in [0.2, 0.25) is 0 Å². The topological polar surface area (TPSA) is 286 Å². The van der Waals surface area contributed by atoms with E-state index in [9.17, 15) is 48.6 Å². The number of unbranched alkanes of at least 4 members (excludes halogenated alkanes) is 5. The van der Waals surface area contributed by atoms with Gasteiger partial charge in [-0.3, -0.25) is 23.2 Å². The van der Waals surface area contributed by atoms with Gasteiger partial charge in [-0.25, -0.2) is 13.9 Å². The standard InChI is InChI=1S/C52H79N3O16P2/c1-3-5-7-8-9-10-11-12-13-14-15-16-20-23-26-29-32-36-47(57)66-40-44(69-48(58)37-33-30-27-24-21-18-17-19-22-25-28-31-35-43(56)34-6-4-2)41-67-72(62,63)71-73(64,65)68-42-45-49(59)50(60)51(70-45)55-39-38-46(53)54-52(55)61/h5-7,9-10,12-13,15-18,22,24-25,27-28,31,34,38-39,43-45,49-51,56,59-60H,3-4,8,11,14,19-21,23,26,29-30,32-33,35-37,40-42H2,1-2H3,(H,62,63)(H,64,65)(H2,53,54,61)/b7-5-,10-9-,13-12-,16-15-,18-17-,25-22-,27-24-,31-28+,34-6-/t43?,44-,45-,49-,50-,51-/m1/s1. The number of nitrogens with two attached hydrogens (primary N) is 1. The molecule has 19 nitrogen and oxygen atoms in total. The number of carbonyl (C=O) groups is 2. The zero-order chi connectivity index (χ0) is 53.6. The number of aliphatic hydroxyl groups is 3. The van der Waals surface area contributed by atoms with Crippen molar-refractivity contribution < 1.29 is 71.4 Å². The van der Waals surface area contributed by atoms with Gasteiger partial charge in [-0.15, -0.1) is 0 Å². The lowest BCUT2D eigenvalue weighted by molar-refractivity contribution is -0.161. The van der Waals surface area contributed by atoms with Crippen LogP contribution in [0.5, 0.6) is 0 Å². The molecule has 0 radical (unpaired) electrons. The molecule has 2 rings (SSSR count). The van der Waals surface area contributed by atoms with Gasteiger partial charge in [-0.2, -0.15) is 9.29 Å². The maximum Gasteiger partial charge on any atom is 0.481 e. The number of aliphatic hydroxyl groups excluding tert-OH is 3. The monoisotopic (exact) mass is 1060 g/mol. The summed E-state index contributed by atoms with van der Waals surface area (Å²) >= 11 is 0. The molecule has 0 saturated carbocycles. The van der Waals surface area contributed by atoms with Crippen LogP contribution in [0.1, 0.15) is 129 Å². The number of ether oxygens (including phenoxy) is 3. The van der Waals surface area contributed by atoms with Crippen molar-refractivity contribution in [1.29, 1.82) is 0 Å². The molecule has 0 bridgehead atoms. The van der Waals surface area contributed by atoms with Crippen LogP contribution in [0, 0.1) is 0 Å². The van der Waals surface area contributed by atoms with Crippen LogP contribution in [0.2, 0.25) is 0 Å². The molecule has 1 aliphatic rings. The number of phosphoric acid groups is 2. The van der Waals surface area contributed by atoms with Gasteiger partial charge in [0.15, 0.2) is 12.3 Å². The Hall–Kier alpha value is -4.62. The van der Waals surface area contributed by atoms with Crippen molar-refractivity contribution in [3.63, 3.8) is 0 Å². The number of hydrogen-bond donors (Lipinski definition) is 6. The SMILES string of the molecule is CC/C=C\C/C=C\C/C=C\C/C=C\CCCCCCC(=O)OC[C@H](COP(=O)(O)OP(=O)(O)OC[C@H]1O[C@@H](n2ccc(N)nc2=O)[C@H](O)[C@@H]1O)OC(=O)CCC/C=C\C/C=C\C/C=C\C=C\CC(O)/C=C\CC. The van der Waals surface area contributed by atoms with Crippen molar-refractivity contribution >= 4 is 33.4 Å². The molecular formula is C52H79N3O16P2. The summed E-state index contributed by atoms with van der Waals surface area (Å²) in [6.07, 6.45) is 40.9. The quantitative estimate of drug-likeness (QED) is 0.0118. The largest absolute Gasteiger partial charge is 0.481 e. The number of nitrogen functional groups attached to an aromatic ring is 1. The van der Waals surface area contributed by atoms with E-state index in [1.807, 2.05) is 61.6 Å². The molecule has 3 unspecified atom stereocenters. The van der Waals surface area contributed by atoms with Gasteiger partial charge in [-0.1, -0.05) is 136 Å². The van der Waals surface area contributed by atoms with Crippen molar-refractivity contribution in [2.45, 2.75) is 160 Å². The summed E-state index contributed by atoms with van der Waals surface area (Å²) in [5, 5.41) is 30.7. The van der Waals surface area contributed by atoms with Gasteiger partial charge >= 0.3 is 33.3 Å². The summed E-state index contributed by atoms with van der Waals surface area (Å²) in [5.74, 6) is -1.44. The Morgan fingerprint density at radius 2 is 1.29 bits per heavy atom.